The Labute approximate surface area is 92.4 Å². The van der Waals surface area contributed by atoms with Gasteiger partial charge in [0.1, 0.15) is 5.78 Å². The SMILES string of the molecule is CC(=O)CCC1C(C)C(O)C=CC1(C)C. The van der Waals surface area contributed by atoms with Crippen LogP contribution < -0.4 is 0 Å². The number of Topliss-reactive ketones (excluding diaryl/α,β-unsaturated/α-hetero) is 1. The quantitative estimate of drug-likeness (QED) is 0.727. The third-order valence-corrected chi connectivity index (χ3v) is 3.66. The molecule has 0 radical (unpaired) electrons. The molecule has 0 spiro atoms. The summed E-state index contributed by atoms with van der Waals surface area (Å²) in [5.41, 5.74) is 0.0914. The van der Waals surface area contributed by atoms with E-state index in [1.165, 1.54) is 0 Å². The lowest BCUT2D eigenvalue weighted by molar-refractivity contribution is -0.117. The van der Waals surface area contributed by atoms with Crippen molar-refractivity contribution in [1.29, 1.82) is 0 Å². The molecule has 0 aromatic carbocycles. The first-order valence-electron chi connectivity index (χ1n) is 5.71. The summed E-state index contributed by atoms with van der Waals surface area (Å²) in [5.74, 6) is 0.868. The molecule has 0 amide bonds. The summed E-state index contributed by atoms with van der Waals surface area (Å²) in [7, 11) is 0. The van der Waals surface area contributed by atoms with Crippen LogP contribution in [0.15, 0.2) is 12.2 Å². The number of carbonyl (C=O) groups excluding carboxylic acids is 1. The Morgan fingerprint density at radius 2 is 2.07 bits per heavy atom. The maximum Gasteiger partial charge on any atom is 0.129 e. The molecule has 2 nitrogen and oxygen atoms in total. The lowest BCUT2D eigenvalue weighted by Gasteiger charge is -2.41. The number of hydrogen-bond acceptors (Lipinski definition) is 2. The second kappa shape index (κ2) is 4.48. The monoisotopic (exact) mass is 210 g/mol. The summed E-state index contributed by atoms with van der Waals surface area (Å²) in [6.07, 6.45) is 5.12. The fraction of sp³-hybridized carbons (Fsp3) is 0.769. The van der Waals surface area contributed by atoms with Crippen LogP contribution in [-0.4, -0.2) is 17.0 Å². The second-order valence-electron chi connectivity index (χ2n) is 5.38. The number of allylic oxidation sites excluding steroid dienone is 1. The van der Waals surface area contributed by atoms with Crippen molar-refractivity contribution in [2.45, 2.75) is 46.6 Å². The summed E-state index contributed by atoms with van der Waals surface area (Å²) in [6.45, 7) is 8.06. The number of hydrogen-bond donors (Lipinski definition) is 1. The molecule has 1 aliphatic rings. The predicted molar refractivity (Wildman–Crippen MR) is 61.5 cm³/mol. The lowest BCUT2D eigenvalue weighted by atomic mass is 9.65. The van der Waals surface area contributed by atoms with Crippen LogP contribution in [0.1, 0.15) is 40.5 Å². The van der Waals surface area contributed by atoms with Gasteiger partial charge in [-0.1, -0.05) is 32.9 Å². The van der Waals surface area contributed by atoms with Crippen LogP contribution in [0.4, 0.5) is 0 Å². The maximum absolute atomic E-state index is 11.0. The standard InChI is InChI=1S/C13H22O2/c1-9(14)5-6-11-10(2)12(15)7-8-13(11,3)4/h7-8,10-12,15H,5-6H2,1-4H3. The number of carbonyl (C=O) groups is 1. The van der Waals surface area contributed by atoms with Crippen LogP contribution in [0.25, 0.3) is 0 Å². The van der Waals surface area contributed by atoms with E-state index >= 15 is 0 Å². The van der Waals surface area contributed by atoms with Crippen LogP contribution in [0.2, 0.25) is 0 Å². The highest BCUT2D eigenvalue weighted by atomic mass is 16.3. The minimum absolute atomic E-state index is 0.0914. The van der Waals surface area contributed by atoms with Crippen molar-refractivity contribution in [2.24, 2.45) is 17.3 Å². The molecule has 3 atom stereocenters. The highest BCUT2D eigenvalue weighted by Gasteiger charge is 2.37. The average molecular weight is 210 g/mol. The third-order valence-electron chi connectivity index (χ3n) is 3.66. The summed E-state index contributed by atoms with van der Waals surface area (Å²) < 4.78 is 0. The van der Waals surface area contributed by atoms with Crippen molar-refractivity contribution in [3.63, 3.8) is 0 Å². The number of aliphatic hydroxyl groups excluding tert-OH is 1. The van der Waals surface area contributed by atoms with Gasteiger partial charge in [0.2, 0.25) is 0 Å². The van der Waals surface area contributed by atoms with Gasteiger partial charge in [0.15, 0.2) is 0 Å². The predicted octanol–water partition coefficient (Wildman–Crippen LogP) is 2.56. The zero-order valence-electron chi connectivity index (χ0n) is 10.2. The van der Waals surface area contributed by atoms with Crippen molar-refractivity contribution in [3.05, 3.63) is 12.2 Å². The van der Waals surface area contributed by atoms with Crippen LogP contribution >= 0.6 is 0 Å². The molecule has 0 saturated heterocycles. The number of aliphatic hydroxyl groups is 1. The van der Waals surface area contributed by atoms with Crippen molar-refractivity contribution in [3.8, 4) is 0 Å². The molecular formula is C13H22O2. The molecule has 1 N–H and O–H groups in total. The maximum atomic E-state index is 11.0. The second-order valence-corrected chi connectivity index (χ2v) is 5.38. The normalized spacial score (nSPS) is 34.1. The van der Waals surface area contributed by atoms with E-state index in [9.17, 15) is 9.90 Å². The molecular weight excluding hydrogens is 188 g/mol. The van der Waals surface area contributed by atoms with Gasteiger partial charge in [0.25, 0.3) is 0 Å². The molecule has 0 saturated carbocycles. The first-order valence-corrected chi connectivity index (χ1v) is 5.71. The fourth-order valence-corrected chi connectivity index (χ4v) is 2.55. The first kappa shape index (κ1) is 12.4. The number of rotatable bonds is 3. The van der Waals surface area contributed by atoms with Crippen LogP contribution in [-0.2, 0) is 4.79 Å². The van der Waals surface area contributed by atoms with Crippen molar-refractivity contribution >= 4 is 5.78 Å². The van der Waals surface area contributed by atoms with Crippen molar-refractivity contribution in [1.82, 2.24) is 0 Å². The lowest BCUT2D eigenvalue weighted by Crippen LogP contribution is -2.37. The Morgan fingerprint density at radius 3 is 2.60 bits per heavy atom. The van der Waals surface area contributed by atoms with E-state index in [1.807, 2.05) is 6.08 Å². The van der Waals surface area contributed by atoms with E-state index in [0.29, 0.717) is 12.3 Å². The van der Waals surface area contributed by atoms with E-state index in [4.69, 9.17) is 0 Å². The molecule has 0 heterocycles. The molecule has 3 unspecified atom stereocenters. The zero-order chi connectivity index (χ0) is 11.6. The minimum Gasteiger partial charge on any atom is -0.389 e. The van der Waals surface area contributed by atoms with Crippen molar-refractivity contribution in [2.75, 3.05) is 0 Å². The average Bonchev–Trinajstić information content (AvgIpc) is 2.11. The Balaban J connectivity index is 2.74. The molecule has 2 heteroatoms. The molecule has 0 fully saturated rings. The Hall–Kier alpha value is -0.630. The summed E-state index contributed by atoms with van der Waals surface area (Å²) in [6, 6.07) is 0. The van der Waals surface area contributed by atoms with Crippen LogP contribution in [0, 0.1) is 17.3 Å². The van der Waals surface area contributed by atoms with Crippen LogP contribution in [0.3, 0.4) is 0 Å². The molecule has 0 aromatic rings. The Morgan fingerprint density at radius 1 is 1.47 bits per heavy atom. The van der Waals surface area contributed by atoms with Gasteiger partial charge in [-0.25, -0.2) is 0 Å². The molecule has 1 aliphatic carbocycles. The number of ketones is 1. The van der Waals surface area contributed by atoms with Crippen LogP contribution in [0.5, 0.6) is 0 Å². The third kappa shape index (κ3) is 2.91. The van der Waals surface area contributed by atoms with Gasteiger partial charge in [0, 0.05) is 6.42 Å². The highest BCUT2D eigenvalue weighted by Crippen LogP contribution is 2.42. The van der Waals surface area contributed by atoms with E-state index in [2.05, 4.69) is 26.8 Å². The Bertz CT molecular complexity index is 266. The Kier molecular flexibility index (Phi) is 3.72. The van der Waals surface area contributed by atoms with E-state index < -0.39 is 0 Å². The van der Waals surface area contributed by atoms with Gasteiger partial charge < -0.3 is 9.90 Å². The molecule has 0 aromatic heterocycles. The van der Waals surface area contributed by atoms with E-state index in [0.717, 1.165) is 6.42 Å². The van der Waals surface area contributed by atoms with Gasteiger partial charge >= 0.3 is 0 Å². The summed E-state index contributed by atoms with van der Waals surface area (Å²) in [5, 5.41) is 9.77. The summed E-state index contributed by atoms with van der Waals surface area (Å²) in [4.78, 5) is 11.0. The van der Waals surface area contributed by atoms with Gasteiger partial charge in [-0.05, 0) is 30.6 Å². The molecule has 86 valence electrons. The summed E-state index contributed by atoms with van der Waals surface area (Å²) >= 11 is 0. The smallest absolute Gasteiger partial charge is 0.129 e. The minimum atomic E-state index is -0.352. The highest BCUT2D eigenvalue weighted by molar-refractivity contribution is 5.75. The van der Waals surface area contributed by atoms with Gasteiger partial charge in [-0.3, -0.25) is 0 Å². The molecule has 15 heavy (non-hydrogen) atoms. The van der Waals surface area contributed by atoms with Gasteiger partial charge in [-0.15, -0.1) is 0 Å². The molecule has 0 aliphatic heterocycles. The van der Waals surface area contributed by atoms with Crippen molar-refractivity contribution < 1.29 is 9.90 Å². The first-order chi connectivity index (χ1) is 6.84. The van der Waals surface area contributed by atoms with Gasteiger partial charge in [0.05, 0.1) is 6.10 Å². The molecule has 0 bridgehead atoms. The fourth-order valence-electron chi connectivity index (χ4n) is 2.55. The van der Waals surface area contributed by atoms with Gasteiger partial charge in [-0.2, -0.15) is 0 Å². The zero-order valence-corrected chi connectivity index (χ0v) is 10.2. The van der Waals surface area contributed by atoms with E-state index in [1.54, 1.807) is 6.92 Å². The largest absolute Gasteiger partial charge is 0.389 e. The topological polar surface area (TPSA) is 37.3 Å². The molecule has 1 rings (SSSR count). The van der Waals surface area contributed by atoms with E-state index in [-0.39, 0.29) is 23.2 Å².